The number of benzene rings is 1. The van der Waals surface area contributed by atoms with E-state index in [-0.39, 0.29) is 0 Å². The molecule has 90 valence electrons. The number of fused-ring (bicyclic) bond motifs is 1. The number of hydrogen-bond acceptors (Lipinski definition) is 3. The number of aromatic nitrogens is 3. The van der Waals surface area contributed by atoms with Gasteiger partial charge in [0.25, 0.3) is 0 Å². The minimum absolute atomic E-state index is 0.775. The maximum absolute atomic E-state index is 4.46. The second-order valence-corrected chi connectivity index (χ2v) is 4.29. The van der Waals surface area contributed by atoms with Gasteiger partial charge in [-0.3, -0.25) is 0 Å². The van der Waals surface area contributed by atoms with Gasteiger partial charge in [-0.15, -0.1) is 0 Å². The summed E-state index contributed by atoms with van der Waals surface area (Å²) in [5.41, 5.74) is 3.37. The second-order valence-electron chi connectivity index (χ2n) is 4.29. The number of aryl methyl sites for hydroxylation is 1. The molecule has 1 aromatic carbocycles. The van der Waals surface area contributed by atoms with Crippen LogP contribution in [0.1, 0.15) is 11.1 Å². The van der Waals surface area contributed by atoms with Crippen molar-refractivity contribution in [2.24, 2.45) is 0 Å². The highest BCUT2D eigenvalue weighted by molar-refractivity contribution is 5.45. The monoisotopic (exact) mass is 238 g/mol. The van der Waals surface area contributed by atoms with E-state index >= 15 is 0 Å². The van der Waals surface area contributed by atoms with Gasteiger partial charge >= 0.3 is 0 Å². The number of hydrogen-bond donors (Lipinski definition) is 1. The average molecular weight is 238 g/mol. The molecule has 0 bridgehead atoms. The quantitative estimate of drug-likeness (QED) is 0.762. The molecule has 2 aromatic heterocycles. The van der Waals surface area contributed by atoms with Crippen LogP contribution in [0.5, 0.6) is 0 Å². The summed E-state index contributed by atoms with van der Waals surface area (Å²) in [6, 6.07) is 12.3. The lowest BCUT2D eigenvalue weighted by atomic mass is 10.1. The topological polar surface area (TPSA) is 42.2 Å². The first-order valence-electron chi connectivity index (χ1n) is 5.91. The number of rotatable bonds is 3. The fourth-order valence-electron chi connectivity index (χ4n) is 1.81. The maximum Gasteiger partial charge on any atom is 0.157 e. The van der Waals surface area contributed by atoms with Crippen LogP contribution in [0.2, 0.25) is 0 Å². The standard InChI is InChI=1S/C14H14N4/c1-11-2-4-12(5-3-11)10-15-13-7-9-18-14(17-13)6-8-16-18/h2-9H,10H2,1H3,(H,15,17). The summed E-state index contributed by atoms with van der Waals surface area (Å²) in [6.07, 6.45) is 3.64. The summed E-state index contributed by atoms with van der Waals surface area (Å²) in [6.45, 7) is 2.86. The van der Waals surface area contributed by atoms with Gasteiger partial charge in [-0.2, -0.15) is 5.10 Å². The Bertz CT molecular complexity index is 655. The molecule has 3 aromatic rings. The van der Waals surface area contributed by atoms with Crippen molar-refractivity contribution in [1.82, 2.24) is 14.6 Å². The third-order valence-electron chi connectivity index (χ3n) is 2.85. The Morgan fingerprint density at radius 3 is 2.78 bits per heavy atom. The summed E-state index contributed by atoms with van der Waals surface area (Å²) in [5, 5.41) is 7.42. The van der Waals surface area contributed by atoms with Crippen LogP contribution in [0.15, 0.2) is 48.8 Å². The predicted molar refractivity (Wildman–Crippen MR) is 71.5 cm³/mol. The van der Waals surface area contributed by atoms with E-state index < -0.39 is 0 Å². The first-order valence-corrected chi connectivity index (χ1v) is 5.91. The molecule has 0 amide bonds. The molecule has 4 heteroatoms. The molecule has 0 aliphatic rings. The zero-order valence-electron chi connectivity index (χ0n) is 10.2. The molecule has 0 saturated heterocycles. The van der Waals surface area contributed by atoms with Crippen LogP contribution in [0.4, 0.5) is 5.82 Å². The highest BCUT2D eigenvalue weighted by atomic mass is 15.2. The van der Waals surface area contributed by atoms with Crippen molar-refractivity contribution in [2.45, 2.75) is 13.5 Å². The average Bonchev–Trinajstić information content (AvgIpc) is 2.85. The summed E-state index contributed by atoms with van der Waals surface area (Å²) >= 11 is 0. The van der Waals surface area contributed by atoms with Crippen LogP contribution in [0.25, 0.3) is 5.65 Å². The van der Waals surface area contributed by atoms with Crippen LogP contribution in [-0.2, 0) is 6.54 Å². The highest BCUT2D eigenvalue weighted by Crippen LogP contribution is 2.09. The van der Waals surface area contributed by atoms with Gasteiger partial charge in [-0.25, -0.2) is 9.50 Å². The molecule has 0 fully saturated rings. The van der Waals surface area contributed by atoms with Crippen LogP contribution >= 0.6 is 0 Å². The lowest BCUT2D eigenvalue weighted by molar-refractivity contribution is 0.936. The van der Waals surface area contributed by atoms with E-state index in [0.29, 0.717) is 0 Å². The third-order valence-corrected chi connectivity index (χ3v) is 2.85. The number of anilines is 1. The van der Waals surface area contributed by atoms with Crippen molar-refractivity contribution in [3.8, 4) is 0 Å². The van der Waals surface area contributed by atoms with E-state index in [1.165, 1.54) is 11.1 Å². The normalized spacial score (nSPS) is 10.7. The fourth-order valence-corrected chi connectivity index (χ4v) is 1.81. The SMILES string of the molecule is Cc1ccc(CNc2ccn3nccc3n2)cc1. The Kier molecular flexibility index (Phi) is 2.68. The number of nitrogens with one attached hydrogen (secondary N) is 1. The molecular formula is C14H14N4. The predicted octanol–water partition coefficient (Wildman–Crippen LogP) is 2.65. The summed E-state index contributed by atoms with van der Waals surface area (Å²) in [4.78, 5) is 4.46. The summed E-state index contributed by atoms with van der Waals surface area (Å²) in [7, 11) is 0. The fraction of sp³-hybridized carbons (Fsp3) is 0.143. The Balaban J connectivity index is 1.74. The van der Waals surface area contributed by atoms with E-state index in [9.17, 15) is 0 Å². The molecule has 18 heavy (non-hydrogen) atoms. The molecule has 0 radical (unpaired) electrons. The van der Waals surface area contributed by atoms with Crippen molar-refractivity contribution in [3.63, 3.8) is 0 Å². The van der Waals surface area contributed by atoms with Crippen LogP contribution in [0, 0.1) is 6.92 Å². The van der Waals surface area contributed by atoms with E-state index in [4.69, 9.17) is 0 Å². The lowest BCUT2D eigenvalue weighted by Crippen LogP contribution is -2.02. The van der Waals surface area contributed by atoms with Crippen molar-refractivity contribution >= 4 is 11.5 Å². The molecule has 3 rings (SSSR count). The Labute approximate surface area is 105 Å². The van der Waals surface area contributed by atoms with Crippen molar-refractivity contribution in [3.05, 3.63) is 59.9 Å². The van der Waals surface area contributed by atoms with E-state index in [1.807, 2.05) is 18.3 Å². The molecule has 0 aliphatic heterocycles. The molecule has 0 spiro atoms. The van der Waals surface area contributed by atoms with Crippen LogP contribution in [-0.4, -0.2) is 14.6 Å². The molecule has 2 heterocycles. The minimum atomic E-state index is 0.775. The van der Waals surface area contributed by atoms with Crippen molar-refractivity contribution in [2.75, 3.05) is 5.32 Å². The molecule has 0 unspecified atom stereocenters. The Morgan fingerprint density at radius 1 is 1.11 bits per heavy atom. The van der Waals surface area contributed by atoms with Gasteiger partial charge in [-0.1, -0.05) is 29.8 Å². The maximum atomic E-state index is 4.46. The first kappa shape index (κ1) is 10.8. The third kappa shape index (κ3) is 2.18. The lowest BCUT2D eigenvalue weighted by Gasteiger charge is -2.06. The second kappa shape index (κ2) is 4.49. The molecule has 1 N–H and O–H groups in total. The Hall–Kier alpha value is -2.36. The van der Waals surface area contributed by atoms with Crippen molar-refractivity contribution in [1.29, 1.82) is 0 Å². The van der Waals surface area contributed by atoms with Crippen LogP contribution in [0.3, 0.4) is 0 Å². The summed E-state index contributed by atoms with van der Waals surface area (Å²) < 4.78 is 1.75. The van der Waals surface area contributed by atoms with Gasteiger partial charge in [-0.05, 0) is 18.6 Å². The van der Waals surface area contributed by atoms with E-state index in [0.717, 1.165) is 18.0 Å². The Morgan fingerprint density at radius 2 is 1.94 bits per heavy atom. The first-order chi connectivity index (χ1) is 8.81. The van der Waals surface area contributed by atoms with Gasteiger partial charge in [0.05, 0.1) is 6.20 Å². The molecule has 4 nitrogen and oxygen atoms in total. The van der Waals surface area contributed by atoms with Gasteiger partial charge < -0.3 is 5.32 Å². The van der Waals surface area contributed by atoms with Crippen LogP contribution < -0.4 is 5.32 Å². The molecular weight excluding hydrogens is 224 g/mol. The van der Waals surface area contributed by atoms with Gasteiger partial charge in [0.1, 0.15) is 5.82 Å². The smallest absolute Gasteiger partial charge is 0.157 e. The zero-order chi connectivity index (χ0) is 12.4. The van der Waals surface area contributed by atoms with Gasteiger partial charge in [0, 0.05) is 18.8 Å². The van der Waals surface area contributed by atoms with Crippen molar-refractivity contribution < 1.29 is 0 Å². The van der Waals surface area contributed by atoms with E-state index in [2.05, 4.69) is 46.6 Å². The summed E-state index contributed by atoms with van der Waals surface area (Å²) in [5.74, 6) is 0.864. The van der Waals surface area contributed by atoms with E-state index in [1.54, 1.807) is 10.7 Å². The van der Waals surface area contributed by atoms with Gasteiger partial charge in [0.2, 0.25) is 0 Å². The number of nitrogens with zero attached hydrogens (tertiary/aromatic N) is 3. The molecule has 0 saturated carbocycles. The molecule has 0 aliphatic carbocycles. The highest BCUT2D eigenvalue weighted by Gasteiger charge is 1.98. The molecule has 0 atom stereocenters. The zero-order valence-corrected chi connectivity index (χ0v) is 10.2. The van der Waals surface area contributed by atoms with Gasteiger partial charge in [0.15, 0.2) is 5.65 Å². The minimum Gasteiger partial charge on any atom is -0.366 e. The largest absolute Gasteiger partial charge is 0.366 e.